The monoisotopic (exact) mass is 492 g/mol. The molecule has 0 aliphatic heterocycles. The van der Waals surface area contributed by atoms with Crippen LogP contribution in [0, 0.1) is 24.0 Å². The zero-order chi connectivity index (χ0) is 25.1. The number of benzene rings is 1. The van der Waals surface area contributed by atoms with Crippen LogP contribution in [0.2, 0.25) is 0 Å². The van der Waals surface area contributed by atoms with Gasteiger partial charge in [-0.1, -0.05) is 12.1 Å². The van der Waals surface area contributed by atoms with E-state index in [1.807, 2.05) is 19.9 Å². The summed E-state index contributed by atoms with van der Waals surface area (Å²) in [6, 6.07) is 11.1. The number of esters is 1. The molecule has 3 heterocycles. The Bertz CT molecular complexity index is 1410. The largest absolute Gasteiger partial charge is 0.449 e. The van der Waals surface area contributed by atoms with Gasteiger partial charge in [0.2, 0.25) is 0 Å². The van der Waals surface area contributed by atoms with Crippen molar-refractivity contribution in [1.29, 1.82) is 0 Å². The second kappa shape index (κ2) is 9.81. The lowest BCUT2D eigenvalue weighted by Crippen LogP contribution is -2.30. The van der Waals surface area contributed by atoms with E-state index in [9.17, 15) is 19.7 Å². The zero-order valence-corrected chi connectivity index (χ0v) is 19.8. The van der Waals surface area contributed by atoms with Crippen molar-refractivity contribution in [2.75, 3.05) is 5.32 Å². The van der Waals surface area contributed by atoms with Crippen LogP contribution >= 0.6 is 11.3 Å². The predicted molar refractivity (Wildman–Crippen MR) is 129 cm³/mol. The maximum atomic E-state index is 12.5. The number of carbonyl (C=O) groups excluding carboxylic acids is 2. The lowest BCUT2D eigenvalue weighted by Gasteiger charge is -2.12. The number of anilines is 1. The standard InChI is InChI=1S/C23H20N6O5S/c1-13-9-14(2)28(27-13)20-8-7-17(11-24-20)22(31)34-15(3)21(30)26-23-25-19(12-35-23)16-5-4-6-18(10-16)29(32)33/h4-12,15H,1-3H3,(H,25,26,30). The molecule has 3 aromatic heterocycles. The molecule has 0 bridgehead atoms. The number of pyridine rings is 1. The predicted octanol–water partition coefficient (Wildman–Crippen LogP) is 4.10. The third kappa shape index (κ3) is 5.38. The van der Waals surface area contributed by atoms with Gasteiger partial charge in [0, 0.05) is 35.0 Å². The summed E-state index contributed by atoms with van der Waals surface area (Å²) in [6.07, 6.45) is 0.272. The summed E-state index contributed by atoms with van der Waals surface area (Å²) in [6.45, 7) is 5.22. The van der Waals surface area contributed by atoms with Crippen LogP contribution in [-0.4, -0.2) is 42.7 Å². The van der Waals surface area contributed by atoms with Gasteiger partial charge in [-0.15, -0.1) is 11.3 Å². The Kier molecular flexibility index (Phi) is 6.64. The molecule has 0 aliphatic rings. The van der Waals surface area contributed by atoms with Crippen LogP contribution in [0.1, 0.15) is 28.7 Å². The number of aromatic nitrogens is 4. The number of rotatable bonds is 7. The second-order valence-corrected chi connectivity index (χ2v) is 8.48. The fourth-order valence-electron chi connectivity index (χ4n) is 3.22. The highest BCUT2D eigenvalue weighted by Crippen LogP contribution is 2.27. The van der Waals surface area contributed by atoms with Crippen molar-refractivity contribution >= 4 is 34.0 Å². The summed E-state index contributed by atoms with van der Waals surface area (Å²) in [5.74, 6) is -0.705. The molecular formula is C23H20N6O5S. The number of nitrogens with one attached hydrogen (secondary N) is 1. The molecule has 11 nitrogen and oxygen atoms in total. The molecule has 35 heavy (non-hydrogen) atoms. The van der Waals surface area contributed by atoms with Crippen molar-refractivity contribution in [2.24, 2.45) is 0 Å². The van der Waals surface area contributed by atoms with Gasteiger partial charge >= 0.3 is 5.97 Å². The van der Waals surface area contributed by atoms with Gasteiger partial charge in [0.05, 0.1) is 21.9 Å². The SMILES string of the molecule is Cc1cc(C)n(-c2ccc(C(=O)OC(C)C(=O)Nc3nc(-c4cccc([N+](=O)[O-])c4)cs3)cn2)n1. The highest BCUT2D eigenvalue weighted by molar-refractivity contribution is 7.14. The fraction of sp³-hybridized carbons (Fsp3) is 0.174. The quantitative estimate of drug-likeness (QED) is 0.231. The Hall–Kier alpha value is -4.45. The Labute approximate surface area is 203 Å². The van der Waals surface area contributed by atoms with E-state index >= 15 is 0 Å². The van der Waals surface area contributed by atoms with Crippen molar-refractivity contribution in [1.82, 2.24) is 19.7 Å². The minimum atomic E-state index is -1.09. The first-order valence-electron chi connectivity index (χ1n) is 10.4. The van der Waals surface area contributed by atoms with Gasteiger partial charge in [-0.05, 0) is 39.0 Å². The normalized spacial score (nSPS) is 11.6. The van der Waals surface area contributed by atoms with E-state index < -0.39 is 22.9 Å². The average molecular weight is 493 g/mol. The summed E-state index contributed by atoms with van der Waals surface area (Å²) in [7, 11) is 0. The first kappa shape index (κ1) is 23.7. The molecule has 0 saturated heterocycles. The van der Waals surface area contributed by atoms with Gasteiger partial charge in [-0.3, -0.25) is 20.2 Å². The molecular weight excluding hydrogens is 472 g/mol. The van der Waals surface area contributed by atoms with Crippen LogP contribution in [0.3, 0.4) is 0 Å². The number of carbonyl (C=O) groups is 2. The molecule has 0 aliphatic carbocycles. The van der Waals surface area contributed by atoms with E-state index in [2.05, 4.69) is 20.4 Å². The van der Waals surface area contributed by atoms with Crippen LogP contribution in [-0.2, 0) is 9.53 Å². The molecule has 178 valence electrons. The maximum Gasteiger partial charge on any atom is 0.340 e. The Morgan fingerprint density at radius 3 is 2.66 bits per heavy atom. The maximum absolute atomic E-state index is 12.5. The van der Waals surface area contributed by atoms with Crippen molar-refractivity contribution in [2.45, 2.75) is 26.9 Å². The van der Waals surface area contributed by atoms with Crippen molar-refractivity contribution < 1.29 is 19.2 Å². The molecule has 1 aromatic carbocycles. The number of amides is 1. The van der Waals surface area contributed by atoms with E-state index in [-0.39, 0.29) is 16.4 Å². The van der Waals surface area contributed by atoms with Gasteiger partial charge in [-0.2, -0.15) is 5.10 Å². The fourth-order valence-corrected chi connectivity index (χ4v) is 3.95. The number of nitrogens with zero attached hydrogens (tertiary/aromatic N) is 5. The molecule has 12 heteroatoms. The third-order valence-corrected chi connectivity index (χ3v) is 5.71. The number of nitro benzene ring substituents is 1. The highest BCUT2D eigenvalue weighted by Gasteiger charge is 2.21. The first-order valence-corrected chi connectivity index (χ1v) is 11.3. The third-order valence-electron chi connectivity index (χ3n) is 4.95. The Balaban J connectivity index is 1.37. The van der Waals surface area contributed by atoms with Gasteiger partial charge in [-0.25, -0.2) is 19.4 Å². The number of hydrogen-bond donors (Lipinski definition) is 1. The second-order valence-electron chi connectivity index (χ2n) is 7.63. The zero-order valence-electron chi connectivity index (χ0n) is 19.0. The Morgan fingerprint density at radius 1 is 1.20 bits per heavy atom. The number of hydrogen-bond acceptors (Lipinski definition) is 9. The van der Waals surface area contributed by atoms with Gasteiger partial charge in [0.1, 0.15) is 0 Å². The first-order chi connectivity index (χ1) is 16.7. The van der Waals surface area contributed by atoms with Crippen LogP contribution in [0.15, 0.2) is 54.0 Å². The van der Waals surface area contributed by atoms with E-state index in [4.69, 9.17) is 4.74 Å². The Morgan fingerprint density at radius 2 is 2.00 bits per heavy atom. The van der Waals surface area contributed by atoms with Gasteiger partial charge < -0.3 is 4.74 Å². The van der Waals surface area contributed by atoms with Crippen molar-refractivity contribution in [3.8, 4) is 17.1 Å². The molecule has 0 fully saturated rings. The smallest absolute Gasteiger partial charge is 0.340 e. The molecule has 4 aromatic rings. The molecule has 1 atom stereocenters. The van der Waals surface area contributed by atoms with Crippen molar-refractivity contribution in [3.63, 3.8) is 0 Å². The van der Waals surface area contributed by atoms with E-state index in [1.165, 1.54) is 25.3 Å². The highest BCUT2D eigenvalue weighted by atomic mass is 32.1. The number of aryl methyl sites for hydroxylation is 2. The molecule has 1 N–H and O–H groups in total. The van der Waals surface area contributed by atoms with Crippen molar-refractivity contribution in [3.05, 3.63) is 81.1 Å². The van der Waals surface area contributed by atoms with Gasteiger partial charge in [0.15, 0.2) is 17.1 Å². The number of nitro groups is 1. The minimum absolute atomic E-state index is 0.0565. The van der Waals surface area contributed by atoms with E-state index in [1.54, 1.807) is 34.3 Å². The van der Waals surface area contributed by atoms with Crippen LogP contribution in [0.4, 0.5) is 10.8 Å². The number of non-ortho nitro benzene ring substituents is 1. The number of ether oxygens (including phenoxy) is 1. The van der Waals surface area contributed by atoms with Crippen LogP contribution < -0.4 is 5.32 Å². The van der Waals surface area contributed by atoms with E-state index in [0.29, 0.717) is 17.1 Å². The lowest BCUT2D eigenvalue weighted by atomic mass is 10.1. The van der Waals surface area contributed by atoms with E-state index in [0.717, 1.165) is 22.7 Å². The summed E-state index contributed by atoms with van der Waals surface area (Å²) in [5, 5.41) is 19.9. The summed E-state index contributed by atoms with van der Waals surface area (Å²) in [5.41, 5.74) is 2.92. The minimum Gasteiger partial charge on any atom is -0.449 e. The van der Waals surface area contributed by atoms with Gasteiger partial charge in [0.25, 0.3) is 11.6 Å². The molecule has 0 radical (unpaired) electrons. The molecule has 4 rings (SSSR count). The van der Waals surface area contributed by atoms with Crippen LogP contribution in [0.25, 0.3) is 17.1 Å². The topological polar surface area (TPSA) is 142 Å². The lowest BCUT2D eigenvalue weighted by molar-refractivity contribution is -0.384. The summed E-state index contributed by atoms with van der Waals surface area (Å²) < 4.78 is 6.93. The summed E-state index contributed by atoms with van der Waals surface area (Å²) in [4.78, 5) is 44.0. The molecule has 0 saturated carbocycles. The molecule has 0 spiro atoms. The molecule has 1 amide bonds. The van der Waals surface area contributed by atoms with Crippen LogP contribution in [0.5, 0.6) is 0 Å². The average Bonchev–Trinajstić information content (AvgIpc) is 3.44. The number of thiazole rings is 1. The molecule has 1 unspecified atom stereocenters. The summed E-state index contributed by atoms with van der Waals surface area (Å²) >= 11 is 1.15.